The molecule has 4 heteroatoms. The lowest BCUT2D eigenvalue weighted by Gasteiger charge is -2.40. The van der Waals surface area contributed by atoms with Gasteiger partial charge in [0, 0.05) is 24.2 Å². The first-order valence-corrected chi connectivity index (χ1v) is 6.26. The fraction of sp³-hybridized carbons (Fsp3) is 0.900. The molecule has 3 nitrogen and oxygen atoms in total. The summed E-state index contributed by atoms with van der Waals surface area (Å²) in [4.78, 5) is 10.8. The van der Waals surface area contributed by atoms with Crippen LogP contribution in [0.5, 0.6) is 0 Å². The van der Waals surface area contributed by atoms with Crippen LogP contribution in [0.2, 0.25) is 0 Å². The number of aliphatic carboxylic acids is 1. The molecule has 2 rings (SSSR count). The molecule has 0 aliphatic carbocycles. The van der Waals surface area contributed by atoms with Crippen molar-refractivity contribution in [1.29, 1.82) is 0 Å². The maximum absolute atomic E-state index is 10.8. The molecule has 0 aromatic heterocycles. The fourth-order valence-electron chi connectivity index (χ4n) is 2.51. The molecule has 0 bridgehead atoms. The highest BCUT2D eigenvalue weighted by Gasteiger charge is 2.44. The first kappa shape index (κ1) is 10.3. The minimum Gasteiger partial charge on any atom is -0.481 e. The van der Waals surface area contributed by atoms with Gasteiger partial charge in [0.1, 0.15) is 0 Å². The average Bonchev–Trinajstić information content (AvgIpc) is 2.58. The molecule has 0 aromatic rings. The van der Waals surface area contributed by atoms with Gasteiger partial charge in [0.15, 0.2) is 0 Å². The van der Waals surface area contributed by atoms with E-state index in [-0.39, 0.29) is 5.41 Å². The number of carboxylic acids is 1. The van der Waals surface area contributed by atoms with Crippen molar-refractivity contribution in [2.45, 2.75) is 19.3 Å². The standard InChI is InChI=1S/C10H16O3S/c11-9(12)5-8-1-3-13-6-10(8)2-4-14-7-10/h8H,1-7H2,(H,11,12). The van der Waals surface area contributed by atoms with Gasteiger partial charge in [-0.05, 0) is 24.5 Å². The zero-order valence-electron chi connectivity index (χ0n) is 8.20. The Balaban J connectivity index is 2.06. The third-order valence-corrected chi connectivity index (χ3v) is 4.69. The molecule has 2 fully saturated rings. The number of carboxylic acid groups (broad SMARTS) is 1. The summed E-state index contributed by atoms with van der Waals surface area (Å²) in [5.74, 6) is 1.93. The monoisotopic (exact) mass is 216 g/mol. The molecule has 14 heavy (non-hydrogen) atoms. The van der Waals surface area contributed by atoms with Crippen molar-refractivity contribution in [3.8, 4) is 0 Å². The Bertz CT molecular complexity index is 223. The van der Waals surface area contributed by atoms with Crippen LogP contribution in [0.25, 0.3) is 0 Å². The van der Waals surface area contributed by atoms with Crippen molar-refractivity contribution >= 4 is 17.7 Å². The molecule has 0 radical (unpaired) electrons. The van der Waals surface area contributed by atoms with Crippen LogP contribution in [-0.4, -0.2) is 35.8 Å². The number of rotatable bonds is 2. The number of hydrogen-bond donors (Lipinski definition) is 1. The molecule has 2 atom stereocenters. The minimum atomic E-state index is -0.659. The molecule has 0 saturated carbocycles. The predicted molar refractivity (Wildman–Crippen MR) is 55.6 cm³/mol. The molecular weight excluding hydrogens is 200 g/mol. The summed E-state index contributed by atoms with van der Waals surface area (Å²) in [7, 11) is 0. The third-order valence-electron chi connectivity index (χ3n) is 3.42. The summed E-state index contributed by atoms with van der Waals surface area (Å²) >= 11 is 1.94. The van der Waals surface area contributed by atoms with E-state index in [0.717, 1.165) is 31.8 Å². The highest BCUT2D eigenvalue weighted by molar-refractivity contribution is 7.99. The quantitative estimate of drug-likeness (QED) is 0.762. The Morgan fingerprint density at radius 3 is 3.14 bits per heavy atom. The van der Waals surface area contributed by atoms with E-state index in [2.05, 4.69) is 0 Å². The third kappa shape index (κ3) is 1.91. The molecule has 2 heterocycles. The molecule has 2 aliphatic rings. The summed E-state index contributed by atoms with van der Waals surface area (Å²) in [6.07, 6.45) is 2.38. The van der Waals surface area contributed by atoms with Crippen LogP contribution in [0, 0.1) is 11.3 Å². The van der Waals surface area contributed by atoms with Crippen LogP contribution in [-0.2, 0) is 9.53 Å². The van der Waals surface area contributed by atoms with E-state index in [9.17, 15) is 4.79 Å². The first-order chi connectivity index (χ1) is 6.73. The average molecular weight is 216 g/mol. The smallest absolute Gasteiger partial charge is 0.303 e. The summed E-state index contributed by atoms with van der Waals surface area (Å²) < 4.78 is 5.51. The van der Waals surface area contributed by atoms with Gasteiger partial charge in [0.05, 0.1) is 6.61 Å². The number of hydrogen-bond acceptors (Lipinski definition) is 3. The molecule has 0 aromatic carbocycles. The second-order valence-electron chi connectivity index (χ2n) is 4.30. The largest absolute Gasteiger partial charge is 0.481 e. The summed E-state index contributed by atoms with van der Waals surface area (Å²) in [6, 6.07) is 0. The lowest BCUT2D eigenvalue weighted by atomic mass is 9.71. The minimum absolute atomic E-state index is 0.182. The lowest BCUT2D eigenvalue weighted by Crippen LogP contribution is -2.41. The van der Waals surface area contributed by atoms with Gasteiger partial charge in [-0.1, -0.05) is 0 Å². The van der Waals surface area contributed by atoms with Gasteiger partial charge in [-0.25, -0.2) is 0 Å². The van der Waals surface area contributed by atoms with E-state index in [1.165, 1.54) is 5.75 Å². The molecule has 80 valence electrons. The van der Waals surface area contributed by atoms with Gasteiger partial charge in [0.2, 0.25) is 0 Å². The summed E-state index contributed by atoms with van der Waals surface area (Å²) in [6.45, 7) is 1.52. The Morgan fingerprint density at radius 1 is 1.64 bits per heavy atom. The highest BCUT2D eigenvalue weighted by Crippen LogP contribution is 2.47. The van der Waals surface area contributed by atoms with Gasteiger partial charge in [-0.3, -0.25) is 4.79 Å². The van der Waals surface area contributed by atoms with Gasteiger partial charge in [0.25, 0.3) is 0 Å². The van der Waals surface area contributed by atoms with Crippen LogP contribution in [0.15, 0.2) is 0 Å². The summed E-state index contributed by atoms with van der Waals surface area (Å²) in [5.41, 5.74) is 0.182. The normalized spacial score (nSPS) is 37.6. The topological polar surface area (TPSA) is 46.5 Å². The van der Waals surface area contributed by atoms with Gasteiger partial charge < -0.3 is 9.84 Å². The van der Waals surface area contributed by atoms with Gasteiger partial charge in [-0.15, -0.1) is 0 Å². The molecule has 2 saturated heterocycles. The van der Waals surface area contributed by atoms with E-state index >= 15 is 0 Å². The molecule has 0 amide bonds. The van der Waals surface area contributed by atoms with Crippen molar-refractivity contribution in [3.63, 3.8) is 0 Å². The van der Waals surface area contributed by atoms with E-state index in [1.54, 1.807) is 0 Å². The molecule has 2 aliphatic heterocycles. The summed E-state index contributed by atoms with van der Waals surface area (Å²) in [5, 5.41) is 8.86. The van der Waals surface area contributed by atoms with Gasteiger partial charge >= 0.3 is 5.97 Å². The SMILES string of the molecule is O=C(O)CC1CCOCC12CCSC2. The first-order valence-electron chi connectivity index (χ1n) is 5.10. The van der Waals surface area contributed by atoms with Crippen LogP contribution in [0.4, 0.5) is 0 Å². The Kier molecular flexibility index (Phi) is 3.02. The van der Waals surface area contributed by atoms with Crippen molar-refractivity contribution < 1.29 is 14.6 Å². The lowest BCUT2D eigenvalue weighted by molar-refractivity contribution is -0.141. The second kappa shape index (κ2) is 4.11. The molecule has 1 spiro atoms. The molecular formula is C10H16O3S. The Morgan fingerprint density at radius 2 is 2.50 bits per heavy atom. The van der Waals surface area contributed by atoms with Crippen LogP contribution >= 0.6 is 11.8 Å². The van der Waals surface area contributed by atoms with Gasteiger partial charge in [-0.2, -0.15) is 11.8 Å². The molecule has 2 unspecified atom stereocenters. The van der Waals surface area contributed by atoms with Crippen LogP contribution < -0.4 is 0 Å². The van der Waals surface area contributed by atoms with Crippen molar-refractivity contribution in [1.82, 2.24) is 0 Å². The predicted octanol–water partition coefficient (Wildman–Crippen LogP) is 1.62. The van der Waals surface area contributed by atoms with Crippen LogP contribution in [0.1, 0.15) is 19.3 Å². The van der Waals surface area contributed by atoms with Crippen molar-refractivity contribution in [2.24, 2.45) is 11.3 Å². The van der Waals surface area contributed by atoms with E-state index in [4.69, 9.17) is 9.84 Å². The number of carbonyl (C=O) groups is 1. The van der Waals surface area contributed by atoms with E-state index in [0.29, 0.717) is 12.3 Å². The Hall–Kier alpha value is -0.220. The fourth-order valence-corrected chi connectivity index (χ4v) is 4.08. The van der Waals surface area contributed by atoms with E-state index in [1.807, 2.05) is 11.8 Å². The van der Waals surface area contributed by atoms with E-state index < -0.39 is 5.97 Å². The van der Waals surface area contributed by atoms with Crippen molar-refractivity contribution in [2.75, 3.05) is 24.7 Å². The highest BCUT2D eigenvalue weighted by atomic mass is 32.2. The van der Waals surface area contributed by atoms with Crippen LogP contribution in [0.3, 0.4) is 0 Å². The maximum Gasteiger partial charge on any atom is 0.303 e. The zero-order valence-corrected chi connectivity index (χ0v) is 9.02. The Labute approximate surface area is 88.2 Å². The zero-order chi connectivity index (χ0) is 10.0. The number of ether oxygens (including phenoxy) is 1. The maximum atomic E-state index is 10.8. The second-order valence-corrected chi connectivity index (χ2v) is 5.41. The number of thioether (sulfide) groups is 1. The van der Waals surface area contributed by atoms with Crippen molar-refractivity contribution in [3.05, 3.63) is 0 Å². The molecule has 1 N–H and O–H groups in total.